The van der Waals surface area contributed by atoms with Gasteiger partial charge in [-0.05, 0) is 49.9 Å². The number of nitrogens with two attached hydrogens (primary N) is 1. The summed E-state index contributed by atoms with van der Waals surface area (Å²) in [6.45, 7) is 2.07. The van der Waals surface area contributed by atoms with Gasteiger partial charge in [0.2, 0.25) is 0 Å². The highest BCUT2D eigenvalue weighted by Gasteiger charge is 2.24. The molecule has 0 aliphatic heterocycles. The predicted octanol–water partition coefficient (Wildman–Crippen LogP) is 5.19. The molecule has 20 heavy (non-hydrogen) atoms. The summed E-state index contributed by atoms with van der Waals surface area (Å²) in [7, 11) is 0. The lowest BCUT2D eigenvalue weighted by atomic mass is 9.93. The molecule has 2 nitrogen and oxygen atoms in total. The normalized spacial score (nSPS) is 18.1. The fourth-order valence-corrected chi connectivity index (χ4v) is 4.37. The molecular weight excluding hydrogens is 359 g/mol. The minimum atomic E-state index is 0.117. The number of halogens is 3. The molecule has 0 saturated heterocycles. The minimum Gasteiger partial charge on any atom is -0.324 e. The molecule has 3 rings (SSSR count). The first-order valence-electron chi connectivity index (χ1n) is 6.60. The molecule has 1 aromatic heterocycles. The van der Waals surface area contributed by atoms with Crippen LogP contribution in [-0.2, 0) is 6.42 Å². The molecular formula is C15H15BrCl2N2. The maximum absolute atomic E-state index is 6.41. The van der Waals surface area contributed by atoms with Gasteiger partial charge in [0.1, 0.15) is 0 Å². The van der Waals surface area contributed by atoms with Crippen molar-refractivity contribution in [3.8, 4) is 5.69 Å². The fraction of sp³-hybridized carbons (Fsp3) is 0.333. The second kappa shape index (κ2) is 5.38. The Morgan fingerprint density at radius 1 is 1.25 bits per heavy atom. The third-order valence-electron chi connectivity index (χ3n) is 3.85. The molecule has 1 aliphatic rings. The van der Waals surface area contributed by atoms with E-state index in [1.54, 1.807) is 0 Å². The highest BCUT2D eigenvalue weighted by molar-refractivity contribution is 9.10. The van der Waals surface area contributed by atoms with Gasteiger partial charge in [0.25, 0.3) is 0 Å². The Morgan fingerprint density at radius 3 is 2.55 bits per heavy atom. The van der Waals surface area contributed by atoms with Crippen LogP contribution in [0.2, 0.25) is 10.0 Å². The largest absolute Gasteiger partial charge is 0.324 e. The van der Waals surface area contributed by atoms with Gasteiger partial charge in [0, 0.05) is 21.9 Å². The molecule has 2 N–H and O–H groups in total. The topological polar surface area (TPSA) is 30.9 Å². The summed E-state index contributed by atoms with van der Waals surface area (Å²) >= 11 is 16.2. The average Bonchev–Trinajstić information content (AvgIpc) is 2.67. The van der Waals surface area contributed by atoms with Crippen molar-refractivity contribution in [2.45, 2.75) is 32.2 Å². The van der Waals surface area contributed by atoms with Gasteiger partial charge < -0.3 is 10.3 Å². The smallest absolute Gasteiger partial charge is 0.0831 e. The molecule has 5 heteroatoms. The van der Waals surface area contributed by atoms with E-state index in [-0.39, 0.29) is 6.04 Å². The summed E-state index contributed by atoms with van der Waals surface area (Å²) in [5.74, 6) is 0. The molecule has 0 radical (unpaired) electrons. The maximum Gasteiger partial charge on any atom is 0.0831 e. The van der Waals surface area contributed by atoms with Gasteiger partial charge in [0.05, 0.1) is 15.7 Å². The Hall–Kier alpha value is -0.480. The number of nitrogens with zero attached hydrogens (tertiary/aromatic N) is 1. The molecule has 106 valence electrons. The van der Waals surface area contributed by atoms with Crippen molar-refractivity contribution in [2.24, 2.45) is 5.73 Å². The molecule has 0 saturated carbocycles. The van der Waals surface area contributed by atoms with Crippen LogP contribution in [-0.4, -0.2) is 4.57 Å². The first kappa shape index (κ1) is 14.5. The summed E-state index contributed by atoms with van der Waals surface area (Å²) in [6.07, 6.45) is 3.15. The minimum absolute atomic E-state index is 0.117. The van der Waals surface area contributed by atoms with Crippen molar-refractivity contribution in [1.29, 1.82) is 0 Å². The summed E-state index contributed by atoms with van der Waals surface area (Å²) in [6, 6.07) is 6.02. The average molecular weight is 374 g/mol. The summed E-state index contributed by atoms with van der Waals surface area (Å²) < 4.78 is 3.04. The first-order chi connectivity index (χ1) is 9.49. The monoisotopic (exact) mass is 372 g/mol. The number of hydrogen-bond acceptors (Lipinski definition) is 1. The van der Waals surface area contributed by atoms with Crippen LogP contribution < -0.4 is 5.73 Å². The van der Waals surface area contributed by atoms with Crippen LogP contribution in [0, 0.1) is 6.92 Å². The van der Waals surface area contributed by atoms with Gasteiger partial charge >= 0.3 is 0 Å². The Labute approximate surface area is 137 Å². The van der Waals surface area contributed by atoms with E-state index in [9.17, 15) is 0 Å². The molecule has 2 aromatic rings. The predicted molar refractivity (Wildman–Crippen MR) is 88.1 cm³/mol. The van der Waals surface area contributed by atoms with E-state index in [1.165, 1.54) is 11.3 Å². The second-order valence-electron chi connectivity index (χ2n) is 5.24. The SMILES string of the molecule is Cc1cc2c(n1-c1c(Cl)cc(Br)cc1Cl)CCCC2N. The summed E-state index contributed by atoms with van der Waals surface area (Å²) in [5, 5.41) is 1.29. The maximum atomic E-state index is 6.41. The van der Waals surface area contributed by atoms with Crippen LogP contribution in [0.5, 0.6) is 0 Å². The van der Waals surface area contributed by atoms with E-state index < -0.39 is 0 Å². The van der Waals surface area contributed by atoms with E-state index in [2.05, 4.69) is 33.5 Å². The lowest BCUT2D eigenvalue weighted by molar-refractivity contribution is 0.560. The molecule has 1 atom stereocenters. The zero-order valence-electron chi connectivity index (χ0n) is 11.1. The van der Waals surface area contributed by atoms with Crippen LogP contribution in [0.15, 0.2) is 22.7 Å². The van der Waals surface area contributed by atoms with Crippen molar-refractivity contribution >= 4 is 39.1 Å². The van der Waals surface area contributed by atoms with Gasteiger partial charge in [-0.25, -0.2) is 0 Å². The third kappa shape index (κ3) is 2.31. The van der Waals surface area contributed by atoms with Crippen molar-refractivity contribution < 1.29 is 0 Å². The van der Waals surface area contributed by atoms with E-state index in [4.69, 9.17) is 28.9 Å². The van der Waals surface area contributed by atoms with E-state index in [0.29, 0.717) is 10.0 Å². The third-order valence-corrected chi connectivity index (χ3v) is 4.89. The van der Waals surface area contributed by atoms with E-state index in [0.717, 1.165) is 35.1 Å². The molecule has 1 aromatic carbocycles. The summed E-state index contributed by atoms with van der Waals surface area (Å²) in [4.78, 5) is 0. The van der Waals surface area contributed by atoms with Crippen molar-refractivity contribution in [3.05, 3.63) is 49.7 Å². The number of rotatable bonds is 1. The van der Waals surface area contributed by atoms with Crippen LogP contribution >= 0.6 is 39.1 Å². The lowest BCUT2D eigenvalue weighted by Gasteiger charge is -2.22. The molecule has 1 aliphatic carbocycles. The van der Waals surface area contributed by atoms with Gasteiger partial charge in [-0.2, -0.15) is 0 Å². The molecule has 1 unspecified atom stereocenters. The number of aryl methyl sites for hydroxylation is 1. The zero-order valence-corrected chi connectivity index (χ0v) is 14.2. The molecule has 0 spiro atoms. The highest BCUT2D eigenvalue weighted by atomic mass is 79.9. The second-order valence-corrected chi connectivity index (χ2v) is 6.97. The molecule has 0 fully saturated rings. The molecule has 0 amide bonds. The molecule has 0 bridgehead atoms. The standard InChI is InChI=1S/C15H15BrCl2N2/c1-8-5-10-13(19)3-2-4-14(10)20(8)15-11(17)6-9(16)7-12(15)18/h5-7,13H,2-4,19H2,1H3. The Balaban J connectivity index is 2.26. The van der Waals surface area contributed by atoms with Crippen molar-refractivity contribution in [2.75, 3.05) is 0 Å². The Bertz CT molecular complexity index is 656. The number of benzene rings is 1. The number of aromatic nitrogens is 1. The van der Waals surface area contributed by atoms with Crippen LogP contribution in [0.1, 0.15) is 35.8 Å². The van der Waals surface area contributed by atoms with Gasteiger partial charge in [-0.15, -0.1) is 0 Å². The van der Waals surface area contributed by atoms with Gasteiger partial charge in [0.15, 0.2) is 0 Å². The highest BCUT2D eigenvalue weighted by Crippen LogP contribution is 2.38. The van der Waals surface area contributed by atoms with Crippen LogP contribution in [0.25, 0.3) is 5.69 Å². The number of hydrogen-bond donors (Lipinski definition) is 1. The van der Waals surface area contributed by atoms with Gasteiger partial charge in [-0.3, -0.25) is 0 Å². The Kier molecular flexibility index (Phi) is 3.89. The quantitative estimate of drug-likeness (QED) is 0.732. The van der Waals surface area contributed by atoms with Gasteiger partial charge in [-0.1, -0.05) is 39.1 Å². The first-order valence-corrected chi connectivity index (χ1v) is 8.15. The molecule has 1 heterocycles. The van der Waals surface area contributed by atoms with Crippen molar-refractivity contribution in [1.82, 2.24) is 4.57 Å². The Morgan fingerprint density at radius 2 is 1.90 bits per heavy atom. The number of fused-ring (bicyclic) bond motifs is 1. The van der Waals surface area contributed by atoms with E-state index in [1.807, 2.05) is 12.1 Å². The van der Waals surface area contributed by atoms with Crippen molar-refractivity contribution in [3.63, 3.8) is 0 Å². The lowest BCUT2D eigenvalue weighted by Crippen LogP contribution is -2.18. The van der Waals surface area contributed by atoms with E-state index >= 15 is 0 Å². The van der Waals surface area contributed by atoms with Crippen LogP contribution in [0.4, 0.5) is 0 Å². The summed E-state index contributed by atoms with van der Waals surface area (Å²) in [5.41, 5.74) is 10.7. The fourth-order valence-electron chi connectivity index (χ4n) is 3.00. The van der Waals surface area contributed by atoms with Crippen LogP contribution in [0.3, 0.4) is 0 Å². The zero-order chi connectivity index (χ0) is 14.4.